The van der Waals surface area contributed by atoms with Crippen LogP contribution in [0.25, 0.3) is 0 Å². The molecule has 3 rings (SSSR count). The number of hydrogen-bond acceptors (Lipinski definition) is 2. The molecule has 2 unspecified atom stereocenters. The van der Waals surface area contributed by atoms with Gasteiger partial charge in [-0.05, 0) is 24.3 Å². The van der Waals surface area contributed by atoms with E-state index in [2.05, 4.69) is 23.4 Å². The van der Waals surface area contributed by atoms with Crippen molar-refractivity contribution in [1.29, 1.82) is 0 Å². The van der Waals surface area contributed by atoms with Crippen molar-refractivity contribution >= 4 is 12.6 Å². The van der Waals surface area contributed by atoms with Gasteiger partial charge in [0.2, 0.25) is 0 Å². The number of amidine groups is 1. The third-order valence-electron chi connectivity index (χ3n) is 4.18. The van der Waals surface area contributed by atoms with E-state index in [1.165, 1.54) is 12.8 Å². The van der Waals surface area contributed by atoms with Gasteiger partial charge in [-0.1, -0.05) is 42.5 Å². The molecule has 0 aromatic heterocycles. The number of nitrogens with zero attached hydrogens (tertiary/aromatic N) is 3. The van der Waals surface area contributed by atoms with Crippen LogP contribution in [0.4, 0.5) is 4.39 Å². The molecule has 1 aliphatic carbocycles. The van der Waals surface area contributed by atoms with Crippen LogP contribution in [0.2, 0.25) is 0 Å². The number of hydrogen-bond donors (Lipinski definition) is 0. The molecule has 1 aliphatic heterocycles. The first-order valence-electron chi connectivity index (χ1n) is 7.37. The molecule has 4 heteroatoms. The van der Waals surface area contributed by atoms with Crippen molar-refractivity contribution in [2.45, 2.75) is 31.5 Å². The van der Waals surface area contributed by atoms with E-state index in [9.17, 15) is 4.39 Å². The zero-order chi connectivity index (χ0) is 14.8. The Labute approximate surface area is 124 Å². The lowest BCUT2D eigenvalue weighted by atomic mass is 10.1. The molecule has 3 nitrogen and oxygen atoms in total. The molecule has 0 radical (unpaired) electrons. The summed E-state index contributed by atoms with van der Waals surface area (Å²) in [5.74, 6) is 0.976. The van der Waals surface area contributed by atoms with Gasteiger partial charge in [-0.3, -0.25) is 4.99 Å². The Bertz CT molecular complexity index is 563. The lowest BCUT2D eigenvalue weighted by Crippen LogP contribution is -2.25. The van der Waals surface area contributed by atoms with E-state index in [0.717, 1.165) is 11.1 Å². The van der Waals surface area contributed by atoms with E-state index in [0.29, 0.717) is 24.7 Å². The van der Waals surface area contributed by atoms with Gasteiger partial charge in [-0.2, -0.15) is 5.10 Å². The molecule has 0 N–H and O–H groups in total. The highest BCUT2D eigenvalue weighted by Crippen LogP contribution is 2.37. The fourth-order valence-corrected chi connectivity index (χ4v) is 2.80. The first-order valence-corrected chi connectivity index (χ1v) is 7.37. The summed E-state index contributed by atoms with van der Waals surface area (Å²) in [5.41, 5.74) is 2.14. The van der Waals surface area contributed by atoms with E-state index < -0.39 is 6.17 Å². The molecule has 2 fully saturated rings. The van der Waals surface area contributed by atoms with E-state index in [-0.39, 0.29) is 6.04 Å². The van der Waals surface area contributed by atoms with Gasteiger partial charge in [-0.25, -0.2) is 9.40 Å². The first-order chi connectivity index (χ1) is 10.2. The zero-order valence-electron chi connectivity index (χ0n) is 12.1. The minimum atomic E-state index is -1.09. The zero-order valence-corrected chi connectivity index (χ0v) is 12.1. The third-order valence-corrected chi connectivity index (χ3v) is 4.18. The van der Waals surface area contributed by atoms with E-state index in [1.807, 2.05) is 30.3 Å². The highest BCUT2D eigenvalue weighted by atomic mass is 19.1. The molecule has 0 spiro atoms. The van der Waals surface area contributed by atoms with Crippen molar-refractivity contribution < 1.29 is 4.39 Å². The molecular formula is C17H20FN3. The molecule has 110 valence electrons. The predicted molar refractivity (Wildman–Crippen MR) is 84.3 cm³/mol. The van der Waals surface area contributed by atoms with Gasteiger partial charge in [0.15, 0.2) is 12.0 Å². The summed E-state index contributed by atoms with van der Waals surface area (Å²) >= 11 is 0. The van der Waals surface area contributed by atoms with Gasteiger partial charge in [0.1, 0.15) is 0 Å². The number of hydrazone groups is 1. The second-order valence-corrected chi connectivity index (χ2v) is 5.72. The van der Waals surface area contributed by atoms with Crippen LogP contribution in [-0.4, -0.2) is 30.3 Å². The predicted octanol–water partition coefficient (Wildman–Crippen LogP) is 3.75. The SMILES string of the molecule is C=NN1/C(=N\CC(=C)C2CC2)C(F)CC1c1ccccc1. The molecule has 1 heterocycles. The van der Waals surface area contributed by atoms with Crippen LogP contribution >= 0.6 is 0 Å². The number of rotatable bonds is 5. The van der Waals surface area contributed by atoms with Crippen molar-refractivity contribution in [2.24, 2.45) is 16.0 Å². The van der Waals surface area contributed by atoms with Crippen LogP contribution in [0.1, 0.15) is 30.9 Å². The van der Waals surface area contributed by atoms with Crippen LogP contribution in [-0.2, 0) is 0 Å². The van der Waals surface area contributed by atoms with Crippen LogP contribution in [0.5, 0.6) is 0 Å². The largest absolute Gasteiger partial charge is 0.264 e. The Morgan fingerprint density at radius 2 is 2.00 bits per heavy atom. The lowest BCUT2D eigenvalue weighted by Gasteiger charge is -2.21. The standard InChI is InChI=1S/C17H20FN3/c1-12(13-8-9-13)11-20-17-15(18)10-16(21(17)19-2)14-6-4-3-5-7-14/h3-7,13,15-16H,1-2,8-11H2/b20-17-. The maximum atomic E-state index is 14.3. The van der Waals surface area contributed by atoms with Gasteiger partial charge >= 0.3 is 0 Å². The van der Waals surface area contributed by atoms with Crippen molar-refractivity contribution in [3.8, 4) is 0 Å². The Morgan fingerprint density at radius 3 is 2.62 bits per heavy atom. The fraction of sp³-hybridized carbons (Fsp3) is 0.412. The molecule has 1 saturated carbocycles. The molecule has 1 aromatic rings. The minimum Gasteiger partial charge on any atom is -0.264 e. The Kier molecular flexibility index (Phi) is 3.86. The summed E-state index contributed by atoms with van der Waals surface area (Å²) in [4.78, 5) is 4.43. The van der Waals surface area contributed by atoms with Crippen LogP contribution < -0.4 is 0 Å². The molecule has 1 saturated heterocycles. The topological polar surface area (TPSA) is 28.0 Å². The third kappa shape index (κ3) is 2.89. The fourth-order valence-electron chi connectivity index (χ4n) is 2.80. The second kappa shape index (κ2) is 5.80. The average Bonchev–Trinajstić information content (AvgIpc) is 3.30. The summed E-state index contributed by atoms with van der Waals surface area (Å²) < 4.78 is 14.3. The van der Waals surface area contributed by atoms with Crippen molar-refractivity contribution in [2.75, 3.05) is 6.54 Å². The van der Waals surface area contributed by atoms with Crippen LogP contribution in [0, 0.1) is 5.92 Å². The monoisotopic (exact) mass is 285 g/mol. The molecule has 21 heavy (non-hydrogen) atoms. The van der Waals surface area contributed by atoms with Gasteiger partial charge in [0.25, 0.3) is 0 Å². The second-order valence-electron chi connectivity index (χ2n) is 5.72. The minimum absolute atomic E-state index is 0.119. The summed E-state index contributed by atoms with van der Waals surface area (Å²) in [6.45, 7) is 8.11. The van der Waals surface area contributed by atoms with Crippen molar-refractivity contribution in [1.82, 2.24) is 5.01 Å². The van der Waals surface area contributed by atoms with Gasteiger partial charge < -0.3 is 0 Å². The first kappa shape index (κ1) is 14.0. The Morgan fingerprint density at radius 1 is 1.29 bits per heavy atom. The maximum absolute atomic E-state index is 14.3. The lowest BCUT2D eigenvalue weighted by molar-refractivity contribution is 0.346. The number of aliphatic imine (C=N–C) groups is 1. The van der Waals surface area contributed by atoms with Crippen LogP contribution in [0.15, 0.2) is 52.6 Å². The number of halogens is 1. The molecule has 1 aromatic carbocycles. The van der Waals surface area contributed by atoms with E-state index >= 15 is 0 Å². The van der Waals surface area contributed by atoms with Crippen molar-refractivity contribution in [3.05, 3.63) is 48.0 Å². The van der Waals surface area contributed by atoms with Gasteiger partial charge in [0.05, 0.1) is 12.6 Å². The summed E-state index contributed by atoms with van der Waals surface area (Å²) in [6.07, 6.45) is 1.67. The highest BCUT2D eigenvalue weighted by Gasteiger charge is 2.38. The quantitative estimate of drug-likeness (QED) is 0.598. The van der Waals surface area contributed by atoms with Crippen LogP contribution in [0.3, 0.4) is 0 Å². The molecule has 0 amide bonds. The molecule has 2 atom stereocenters. The molecule has 0 bridgehead atoms. The number of benzene rings is 1. The van der Waals surface area contributed by atoms with E-state index in [1.54, 1.807) is 5.01 Å². The molecule has 2 aliphatic rings. The normalized spacial score (nSPS) is 27.1. The summed E-state index contributed by atoms with van der Waals surface area (Å²) in [5, 5.41) is 5.62. The smallest absolute Gasteiger partial charge is 0.161 e. The maximum Gasteiger partial charge on any atom is 0.161 e. The summed E-state index contributed by atoms with van der Waals surface area (Å²) in [7, 11) is 0. The highest BCUT2D eigenvalue weighted by molar-refractivity contribution is 5.89. The average molecular weight is 285 g/mol. The summed E-state index contributed by atoms with van der Waals surface area (Å²) in [6, 6.07) is 9.71. The van der Waals surface area contributed by atoms with E-state index in [4.69, 9.17) is 0 Å². The number of alkyl halides is 1. The Balaban J connectivity index is 1.79. The molecular weight excluding hydrogens is 265 g/mol. The van der Waals surface area contributed by atoms with Gasteiger partial charge in [0, 0.05) is 13.1 Å². The van der Waals surface area contributed by atoms with Crippen molar-refractivity contribution in [3.63, 3.8) is 0 Å². The Hall–Kier alpha value is -1.97. The van der Waals surface area contributed by atoms with Gasteiger partial charge in [-0.15, -0.1) is 0 Å².